The van der Waals surface area contributed by atoms with Crippen molar-refractivity contribution in [3.63, 3.8) is 0 Å². The SMILES string of the molecule is O=C(Cn1cnc(C2CC2)cc1=O)NCc1nc(N2CCCC2)nc(N2CCOCC2)n1. The van der Waals surface area contributed by atoms with Crippen molar-refractivity contribution < 1.29 is 9.53 Å². The lowest BCUT2D eigenvalue weighted by Gasteiger charge is -2.28. The van der Waals surface area contributed by atoms with Gasteiger partial charge in [-0.15, -0.1) is 0 Å². The van der Waals surface area contributed by atoms with Gasteiger partial charge in [0.1, 0.15) is 6.54 Å². The normalized spacial score (nSPS) is 18.8. The third-order valence-electron chi connectivity index (χ3n) is 5.99. The summed E-state index contributed by atoms with van der Waals surface area (Å²) in [5, 5.41) is 2.83. The molecule has 3 fully saturated rings. The highest BCUT2D eigenvalue weighted by Gasteiger charge is 2.25. The molecule has 11 nitrogen and oxygen atoms in total. The smallest absolute Gasteiger partial charge is 0.254 e. The van der Waals surface area contributed by atoms with Gasteiger partial charge in [-0.2, -0.15) is 15.0 Å². The number of hydrogen-bond acceptors (Lipinski definition) is 9. The van der Waals surface area contributed by atoms with Crippen LogP contribution in [0.25, 0.3) is 0 Å². The highest BCUT2D eigenvalue weighted by atomic mass is 16.5. The zero-order chi connectivity index (χ0) is 21.9. The molecule has 2 aromatic heterocycles. The molecule has 0 unspecified atom stereocenters. The molecule has 1 saturated carbocycles. The van der Waals surface area contributed by atoms with Gasteiger partial charge in [-0.25, -0.2) is 4.98 Å². The van der Waals surface area contributed by atoms with Crippen molar-refractivity contribution in [1.82, 2.24) is 29.8 Å². The van der Waals surface area contributed by atoms with Crippen LogP contribution in [0.15, 0.2) is 17.2 Å². The third kappa shape index (κ3) is 4.87. The van der Waals surface area contributed by atoms with Gasteiger partial charge in [0.15, 0.2) is 5.82 Å². The van der Waals surface area contributed by atoms with E-state index in [1.54, 1.807) is 0 Å². The van der Waals surface area contributed by atoms with Crippen LogP contribution >= 0.6 is 0 Å². The molecular weight excluding hydrogens is 412 g/mol. The van der Waals surface area contributed by atoms with Crippen LogP contribution in [0.3, 0.4) is 0 Å². The van der Waals surface area contributed by atoms with E-state index in [2.05, 4.69) is 35.1 Å². The molecule has 1 N–H and O–H groups in total. The van der Waals surface area contributed by atoms with E-state index in [0.717, 1.165) is 57.6 Å². The number of nitrogens with zero attached hydrogens (tertiary/aromatic N) is 7. The van der Waals surface area contributed by atoms with Crippen molar-refractivity contribution in [3.05, 3.63) is 34.3 Å². The van der Waals surface area contributed by atoms with E-state index < -0.39 is 0 Å². The summed E-state index contributed by atoms with van der Waals surface area (Å²) < 4.78 is 6.76. The number of amides is 1. The van der Waals surface area contributed by atoms with Gasteiger partial charge in [-0.05, 0) is 25.7 Å². The Balaban J connectivity index is 1.26. The number of rotatable bonds is 7. The van der Waals surface area contributed by atoms with Gasteiger partial charge in [0.2, 0.25) is 17.8 Å². The van der Waals surface area contributed by atoms with E-state index in [-0.39, 0.29) is 24.6 Å². The molecule has 2 aromatic rings. The van der Waals surface area contributed by atoms with Gasteiger partial charge in [0.25, 0.3) is 5.56 Å². The number of aromatic nitrogens is 5. The highest BCUT2D eigenvalue weighted by Crippen LogP contribution is 2.38. The number of morpholine rings is 1. The minimum absolute atomic E-state index is 0.0861. The Morgan fingerprint density at radius 2 is 1.72 bits per heavy atom. The molecule has 2 saturated heterocycles. The van der Waals surface area contributed by atoms with Crippen LogP contribution < -0.4 is 20.7 Å². The van der Waals surface area contributed by atoms with Crippen molar-refractivity contribution in [3.8, 4) is 0 Å². The highest BCUT2D eigenvalue weighted by molar-refractivity contribution is 5.75. The van der Waals surface area contributed by atoms with Crippen LogP contribution in [0.1, 0.15) is 43.1 Å². The van der Waals surface area contributed by atoms with Crippen LogP contribution in [0.5, 0.6) is 0 Å². The van der Waals surface area contributed by atoms with Crippen molar-refractivity contribution in [1.29, 1.82) is 0 Å². The topological polar surface area (TPSA) is 118 Å². The zero-order valence-corrected chi connectivity index (χ0v) is 18.1. The zero-order valence-electron chi connectivity index (χ0n) is 18.1. The molecule has 1 amide bonds. The summed E-state index contributed by atoms with van der Waals surface area (Å²) in [5.41, 5.74) is 0.616. The summed E-state index contributed by atoms with van der Waals surface area (Å²) in [6.45, 7) is 4.65. The van der Waals surface area contributed by atoms with Gasteiger partial charge < -0.3 is 19.9 Å². The first-order valence-corrected chi connectivity index (χ1v) is 11.3. The van der Waals surface area contributed by atoms with Crippen molar-refractivity contribution in [2.45, 2.75) is 44.7 Å². The number of nitrogens with one attached hydrogen (secondary N) is 1. The first-order chi connectivity index (χ1) is 15.7. The average Bonchev–Trinajstić information content (AvgIpc) is 3.53. The van der Waals surface area contributed by atoms with Gasteiger partial charge in [-0.3, -0.25) is 14.2 Å². The Labute approximate surface area is 185 Å². The first-order valence-electron chi connectivity index (χ1n) is 11.3. The lowest BCUT2D eigenvalue weighted by molar-refractivity contribution is -0.121. The second kappa shape index (κ2) is 9.19. The maximum Gasteiger partial charge on any atom is 0.254 e. The molecule has 1 aliphatic carbocycles. The number of carbonyl (C=O) groups excluding carboxylic acids is 1. The summed E-state index contributed by atoms with van der Waals surface area (Å²) in [6.07, 6.45) is 5.85. The lowest BCUT2D eigenvalue weighted by Crippen LogP contribution is -2.38. The van der Waals surface area contributed by atoms with Crippen LogP contribution in [-0.2, 0) is 22.6 Å². The van der Waals surface area contributed by atoms with E-state index >= 15 is 0 Å². The summed E-state index contributed by atoms with van der Waals surface area (Å²) in [7, 11) is 0. The number of hydrogen-bond donors (Lipinski definition) is 1. The van der Waals surface area contributed by atoms with Crippen molar-refractivity contribution in [2.24, 2.45) is 0 Å². The Hall–Kier alpha value is -3.08. The Morgan fingerprint density at radius 3 is 2.38 bits per heavy atom. The van der Waals surface area contributed by atoms with E-state index in [1.165, 1.54) is 17.0 Å². The fourth-order valence-electron chi connectivity index (χ4n) is 3.99. The van der Waals surface area contributed by atoms with Gasteiger partial charge >= 0.3 is 0 Å². The molecule has 4 heterocycles. The van der Waals surface area contributed by atoms with Crippen molar-refractivity contribution in [2.75, 3.05) is 49.2 Å². The number of ether oxygens (including phenoxy) is 1. The summed E-state index contributed by atoms with van der Waals surface area (Å²) in [5.74, 6) is 1.89. The minimum atomic E-state index is -0.288. The number of anilines is 2. The van der Waals surface area contributed by atoms with Gasteiger partial charge in [-0.1, -0.05) is 0 Å². The fraction of sp³-hybridized carbons (Fsp3) is 0.619. The van der Waals surface area contributed by atoms with Crippen LogP contribution in [-0.4, -0.2) is 69.8 Å². The summed E-state index contributed by atoms with van der Waals surface area (Å²) in [4.78, 5) is 47.2. The molecule has 32 heavy (non-hydrogen) atoms. The summed E-state index contributed by atoms with van der Waals surface area (Å²) >= 11 is 0. The van der Waals surface area contributed by atoms with Crippen LogP contribution in [0.2, 0.25) is 0 Å². The van der Waals surface area contributed by atoms with E-state index in [4.69, 9.17) is 4.74 Å². The van der Waals surface area contributed by atoms with Gasteiger partial charge in [0.05, 0.1) is 31.8 Å². The molecule has 2 aliphatic heterocycles. The second-order valence-corrected chi connectivity index (χ2v) is 8.48. The largest absolute Gasteiger partial charge is 0.378 e. The van der Waals surface area contributed by atoms with E-state index in [1.807, 2.05) is 0 Å². The minimum Gasteiger partial charge on any atom is -0.378 e. The summed E-state index contributed by atoms with van der Waals surface area (Å²) in [6, 6.07) is 1.54. The molecule has 0 spiro atoms. The van der Waals surface area contributed by atoms with Crippen LogP contribution in [0, 0.1) is 0 Å². The predicted octanol–water partition coefficient (Wildman–Crippen LogP) is 0.0589. The molecular formula is C21H28N8O3. The van der Waals surface area contributed by atoms with Crippen molar-refractivity contribution >= 4 is 17.8 Å². The second-order valence-electron chi connectivity index (χ2n) is 8.48. The molecule has 0 bridgehead atoms. The quantitative estimate of drug-likeness (QED) is 0.637. The monoisotopic (exact) mass is 440 g/mol. The predicted molar refractivity (Wildman–Crippen MR) is 117 cm³/mol. The molecule has 0 aromatic carbocycles. The Bertz CT molecular complexity index is 1030. The third-order valence-corrected chi connectivity index (χ3v) is 5.99. The van der Waals surface area contributed by atoms with Crippen LogP contribution in [0.4, 0.5) is 11.9 Å². The Kier molecular flexibility index (Phi) is 5.97. The molecule has 170 valence electrons. The Morgan fingerprint density at radius 1 is 1.03 bits per heavy atom. The molecule has 11 heteroatoms. The van der Waals surface area contributed by atoms with E-state index in [0.29, 0.717) is 36.9 Å². The molecule has 5 rings (SSSR count). The standard InChI is InChI=1S/C21H28N8O3/c30-18(13-29-14-23-16(11-19(29)31)15-3-4-15)22-12-17-24-20(27-5-1-2-6-27)26-21(25-17)28-7-9-32-10-8-28/h11,14-15H,1-10,12-13H2,(H,22,30). The number of carbonyl (C=O) groups is 1. The lowest BCUT2D eigenvalue weighted by atomic mass is 10.3. The fourth-order valence-corrected chi connectivity index (χ4v) is 3.99. The van der Waals surface area contributed by atoms with Gasteiger partial charge in [0, 0.05) is 38.2 Å². The molecule has 0 radical (unpaired) electrons. The maximum atomic E-state index is 12.5. The molecule has 0 atom stereocenters. The van der Waals surface area contributed by atoms with E-state index in [9.17, 15) is 9.59 Å². The first kappa shape index (κ1) is 20.8. The maximum absolute atomic E-state index is 12.5. The molecule has 3 aliphatic rings. The average molecular weight is 441 g/mol.